The number of hydrogen-bond donors (Lipinski definition) is 1. The fourth-order valence-electron chi connectivity index (χ4n) is 1.43. The summed E-state index contributed by atoms with van der Waals surface area (Å²) in [7, 11) is 1.92. The van der Waals surface area contributed by atoms with E-state index in [1.54, 1.807) is 0 Å². The van der Waals surface area contributed by atoms with Crippen LogP contribution in [-0.4, -0.2) is 33.4 Å². The maximum Gasteiger partial charge on any atom is 0.119 e. The van der Waals surface area contributed by atoms with Crippen molar-refractivity contribution in [2.75, 3.05) is 33.4 Å². The fourth-order valence-corrected chi connectivity index (χ4v) is 1.43. The summed E-state index contributed by atoms with van der Waals surface area (Å²) >= 11 is 0. The molecule has 0 spiro atoms. The Hall–Kier alpha value is -1.06. The largest absolute Gasteiger partial charge is 0.493 e. The minimum Gasteiger partial charge on any atom is -0.493 e. The van der Waals surface area contributed by atoms with Crippen LogP contribution in [0.2, 0.25) is 0 Å². The van der Waals surface area contributed by atoms with E-state index >= 15 is 0 Å². The van der Waals surface area contributed by atoms with Crippen LogP contribution < -0.4 is 10.1 Å². The highest BCUT2D eigenvalue weighted by Gasteiger charge is 1.97. The third-order valence-corrected chi connectivity index (χ3v) is 2.68. The zero-order valence-corrected chi connectivity index (χ0v) is 11.1. The first kappa shape index (κ1) is 14.0. The van der Waals surface area contributed by atoms with E-state index in [1.165, 1.54) is 11.1 Å². The van der Waals surface area contributed by atoms with Gasteiger partial charge < -0.3 is 14.8 Å². The van der Waals surface area contributed by atoms with Crippen molar-refractivity contribution in [3.8, 4) is 5.75 Å². The molecule has 17 heavy (non-hydrogen) atoms. The molecule has 0 unspecified atom stereocenters. The van der Waals surface area contributed by atoms with Gasteiger partial charge in [0.15, 0.2) is 0 Å². The number of rotatable bonds is 8. The van der Waals surface area contributed by atoms with E-state index < -0.39 is 0 Å². The zero-order chi connectivity index (χ0) is 12.5. The van der Waals surface area contributed by atoms with Gasteiger partial charge >= 0.3 is 0 Å². The lowest BCUT2D eigenvalue weighted by atomic mass is 10.1. The Morgan fingerprint density at radius 3 is 2.59 bits per heavy atom. The molecule has 1 aromatic rings. The maximum absolute atomic E-state index is 5.65. The number of ether oxygens (including phenoxy) is 2. The van der Waals surface area contributed by atoms with Crippen LogP contribution in [0.5, 0.6) is 5.75 Å². The number of aryl methyl sites for hydroxylation is 2. The first-order chi connectivity index (χ1) is 8.24. The molecule has 1 rings (SSSR count). The molecule has 96 valence electrons. The quantitative estimate of drug-likeness (QED) is 0.704. The second kappa shape index (κ2) is 8.09. The van der Waals surface area contributed by atoms with Gasteiger partial charge in [-0.2, -0.15) is 0 Å². The summed E-state index contributed by atoms with van der Waals surface area (Å²) in [5.41, 5.74) is 2.57. The highest BCUT2D eigenvalue weighted by molar-refractivity contribution is 5.33. The molecule has 0 heterocycles. The van der Waals surface area contributed by atoms with Crippen molar-refractivity contribution < 1.29 is 9.47 Å². The molecule has 0 bridgehead atoms. The third-order valence-electron chi connectivity index (χ3n) is 2.68. The Kier molecular flexibility index (Phi) is 6.67. The molecule has 0 aliphatic carbocycles. The van der Waals surface area contributed by atoms with Gasteiger partial charge in [0.25, 0.3) is 0 Å². The number of hydrogen-bond acceptors (Lipinski definition) is 3. The highest BCUT2D eigenvalue weighted by atomic mass is 16.5. The van der Waals surface area contributed by atoms with Crippen molar-refractivity contribution >= 4 is 0 Å². The first-order valence-corrected chi connectivity index (χ1v) is 6.16. The smallest absolute Gasteiger partial charge is 0.119 e. The van der Waals surface area contributed by atoms with E-state index in [2.05, 4.69) is 31.3 Å². The van der Waals surface area contributed by atoms with Gasteiger partial charge in [-0.15, -0.1) is 0 Å². The molecular weight excluding hydrogens is 214 g/mol. The summed E-state index contributed by atoms with van der Waals surface area (Å²) in [5.74, 6) is 0.948. The van der Waals surface area contributed by atoms with Crippen molar-refractivity contribution in [3.05, 3.63) is 29.3 Å². The van der Waals surface area contributed by atoms with E-state index in [1.807, 2.05) is 13.1 Å². The molecule has 0 radical (unpaired) electrons. The normalized spacial score (nSPS) is 10.5. The van der Waals surface area contributed by atoms with Crippen molar-refractivity contribution in [2.45, 2.75) is 20.3 Å². The average Bonchev–Trinajstić information content (AvgIpc) is 2.32. The predicted octanol–water partition coefficient (Wildman–Crippen LogP) is 2.31. The summed E-state index contributed by atoms with van der Waals surface area (Å²) in [5, 5.41) is 3.04. The Bertz CT molecular complexity index is 326. The molecule has 0 aliphatic rings. The fraction of sp³-hybridized carbons (Fsp3) is 0.571. The molecular formula is C14H23NO2. The van der Waals surface area contributed by atoms with E-state index in [-0.39, 0.29) is 0 Å². The second-order valence-electron chi connectivity index (χ2n) is 4.16. The lowest BCUT2D eigenvalue weighted by Gasteiger charge is -2.08. The van der Waals surface area contributed by atoms with E-state index in [0.717, 1.165) is 31.9 Å². The molecule has 0 fully saturated rings. The van der Waals surface area contributed by atoms with Gasteiger partial charge in [0.2, 0.25) is 0 Å². The number of likely N-dealkylation sites (N-methyl/N-ethyl adjacent to an activating group) is 1. The molecule has 3 nitrogen and oxygen atoms in total. The Morgan fingerprint density at radius 2 is 1.88 bits per heavy atom. The second-order valence-corrected chi connectivity index (χ2v) is 4.16. The number of benzene rings is 1. The molecule has 3 heteroatoms. The van der Waals surface area contributed by atoms with Gasteiger partial charge in [-0.25, -0.2) is 0 Å². The molecule has 0 atom stereocenters. The topological polar surface area (TPSA) is 30.5 Å². The zero-order valence-electron chi connectivity index (χ0n) is 11.1. The molecule has 0 saturated heterocycles. The average molecular weight is 237 g/mol. The molecule has 0 aromatic heterocycles. The van der Waals surface area contributed by atoms with Crippen LogP contribution in [0.4, 0.5) is 0 Å². The van der Waals surface area contributed by atoms with E-state index in [0.29, 0.717) is 6.61 Å². The van der Waals surface area contributed by atoms with Crippen LogP contribution >= 0.6 is 0 Å². The standard InChI is InChI=1S/C14H23NO2/c1-12-5-6-14(11-13(12)2)17-9-4-8-16-10-7-15-3/h5-6,11,15H,4,7-10H2,1-3H3. The Balaban J connectivity index is 2.11. The van der Waals surface area contributed by atoms with Crippen LogP contribution in [0.25, 0.3) is 0 Å². The van der Waals surface area contributed by atoms with Crippen molar-refractivity contribution in [2.24, 2.45) is 0 Å². The van der Waals surface area contributed by atoms with E-state index in [9.17, 15) is 0 Å². The van der Waals surface area contributed by atoms with Gasteiger partial charge in [0, 0.05) is 19.6 Å². The Labute approximate surface area is 104 Å². The van der Waals surface area contributed by atoms with E-state index in [4.69, 9.17) is 9.47 Å². The van der Waals surface area contributed by atoms with Crippen LogP contribution in [-0.2, 0) is 4.74 Å². The SMILES string of the molecule is CNCCOCCCOc1ccc(C)c(C)c1. The molecule has 0 aliphatic heterocycles. The lowest BCUT2D eigenvalue weighted by Crippen LogP contribution is -2.15. The molecule has 1 aromatic carbocycles. The van der Waals surface area contributed by atoms with Crippen molar-refractivity contribution in [1.29, 1.82) is 0 Å². The Morgan fingerprint density at radius 1 is 1.06 bits per heavy atom. The van der Waals surface area contributed by atoms with Crippen LogP contribution in [0.1, 0.15) is 17.5 Å². The predicted molar refractivity (Wildman–Crippen MR) is 70.8 cm³/mol. The monoisotopic (exact) mass is 237 g/mol. The first-order valence-electron chi connectivity index (χ1n) is 6.16. The highest BCUT2D eigenvalue weighted by Crippen LogP contribution is 2.16. The summed E-state index contributed by atoms with van der Waals surface area (Å²) in [6.07, 6.45) is 0.927. The maximum atomic E-state index is 5.65. The molecule has 1 N–H and O–H groups in total. The van der Waals surface area contributed by atoms with Gasteiger partial charge in [-0.05, 0) is 44.2 Å². The van der Waals surface area contributed by atoms with Crippen molar-refractivity contribution in [1.82, 2.24) is 5.32 Å². The third kappa shape index (κ3) is 5.71. The lowest BCUT2D eigenvalue weighted by molar-refractivity contribution is 0.122. The van der Waals surface area contributed by atoms with Crippen LogP contribution in [0.15, 0.2) is 18.2 Å². The summed E-state index contributed by atoms with van der Waals surface area (Å²) in [4.78, 5) is 0. The van der Waals surface area contributed by atoms with Gasteiger partial charge in [-0.1, -0.05) is 6.07 Å². The minimum atomic E-state index is 0.710. The molecule has 0 saturated carbocycles. The number of nitrogens with one attached hydrogen (secondary N) is 1. The van der Waals surface area contributed by atoms with Crippen LogP contribution in [0.3, 0.4) is 0 Å². The van der Waals surface area contributed by atoms with Crippen LogP contribution in [0, 0.1) is 13.8 Å². The summed E-state index contributed by atoms with van der Waals surface area (Å²) < 4.78 is 11.1. The van der Waals surface area contributed by atoms with Gasteiger partial charge in [0.05, 0.1) is 13.2 Å². The minimum absolute atomic E-state index is 0.710. The summed E-state index contributed by atoms with van der Waals surface area (Å²) in [6, 6.07) is 6.19. The van der Waals surface area contributed by atoms with Crippen molar-refractivity contribution in [3.63, 3.8) is 0 Å². The molecule has 0 amide bonds. The van der Waals surface area contributed by atoms with Gasteiger partial charge in [-0.3, -0.25) is 0 Å². The van der Waals surface area contributed by atoms with Gasteiger partial charge in [0.1, 0.15) is 5.75 Å². The summed E-state index contributed by atoms with van der Waals surface area (Å²) in [6.45, 7) is 7.34.